The van der Waals surface area contributed by atoms with E-state index in [4.69, 9.17) is 4.74 Å². The minimum atomic E-state index is -0.163. The number of rotatable bonds is 4. The minimum Gasteiger partial charge on any atom is -0.482 e. The first-order valence-corrected chi connectivity index (χ1v) is 10.8. The number of benzene rings is 2. The Labute approximate surface area is 176 Å². The van der Waals surface area contributed by atoms with Crippen molar-refractivity contribution in [1.82, 2.24) is 9.80 Å². The van der Waals surface area contributed by atoms with Gasteiger partial charge >= 0.3 is 0 Å². The summed E-state index contributed by atoms with van der Waals surface area (Å²) in [6.07, 6.45) is 3.70. The van der Waals surface area contributed by atoms with Crippen molar-refractivity contribution in [2.75, 3.05) is 38.1 Å². The van der Waals surface area contributed by atoms with Crippen LogP contribution in [0.3, 0.4) is 0 Å². The third-order valence-corrected chi connectivity index (χ3v) is 6.39. The Hall–Kier alpha value is -2.86. The second-order valence-electron chi connectivity index (χ2n) is 8.40. The Bertz CT molecular complexity index is 968. The van der Waals surface area contributed by atoms with Gasteiger partial charge in [-0.25, -0.2) is 0 Å². The maximum absolute atomic E-state index is 13.4. The van der Waals surface area contributed by atoms with Gasteiger partial charge in [-0.2, -0.15) is 0 Å². The topological polar surface area (TPSA) is 61.9 Å². The summed E-state index contributed by atoms with van der Waals surface area (Å²) in [5.74, 6) is 0.630. The number of ether oxygens (including phenoxy) is 1. The van der Waals surface area contributed by atoms with E-state index in [1.807, 2.05) is 18.2 Å². The van der Waals surface area contributed by atoms with E-state index < -0.39 is 0 Å². The molecule has 1 unspecified atom stereocenters. The number of nitrogens with one attached hydrogen (secondary N) is 1. The van der Waals surface area contributed by atoms with E-state index in [1.54, 1.807) is 0 Å². The highest BCUT2D eigenvalue weighted by Crippen LogP contribution is 2.33. The standard InChI is InChI=1S/C24H27N3O3/c28-23-16-30-22-8-7-17(13-20(22)25-23)14-24(29)27-12-9-18-5-1-2-6-19(18)21(27)15-26-10-3-4-11-26/h1-2,5-8,13,21H,3-4,9-12,14-16H2,(H,25,28). The number of carbonyl (C=O) groups excluding carboxylic acids is 2. The maximum Gasteiger partial charge on any atom is 0.262 e. The number of amides is 2. The van der Waals surface area contributed by atoms with E-state index in [2.05, 4.69) is 39.4 Å². The Morgan fingerprint density at radius 1 is 1.10 bits per heavy atom. The Morgan fingerprint density at radius 2 is 1.93 bits per heavy atom. The minimum absolute atomic E-state index is 0.0383. The molecule has 0 radical (unpaired) electrons. The molecule has 1 fully saturated rings. The molecular formula is C24H27N3O3. The van der Waals surface area contributed by atoms with Crippen molar-refractivity contribution >= 4 is 17.5 Å². The fraction of sp³-hybridized carbons (Fsp3) is 0.417. The van der Waals surface area contributed by atoms with E-state index in [-0.39, 0.29) is 24.5 Å². The summed E-state index contributed by atoms with van der Waals surface area (Å²) in [5.41, 5.74) is 4.19. The molecule has 1 atom stereocenters. The summed E-state index contributed by atoms with van der Waals surface area (Å²) in [5, 5.41) is 2.83. The molecule has 6 nitrogen and oxygen atoms in total. The third kappa shape index (κ3) is 3.79. The van der Waals surface area contributed by atoms with Crippen molar-refractivity contribution in [2.45, 2.75) is 31.7 Å². The number of hydrogen-bond donors (Lipinski definition) is 1. The molecule has 3 aliphatic rings. The molecule has 0 aliphatic carbocycles. The van der Waals surface area contributed by atoms with Crippen LogP contribution >= 0.6 is 0 Å². The van der Waals surface area contributed by atoms with E-state index in [9.17, 15) is 9.59 Å². The van der Waals surface area contributed by atoms with Crippen molar-refractivity contribution in [3.8, 4) is 5.75 Å². The van der Waals surface area contributed by atoms with Gasteiger partial charge in [-0.15, -0.1) is 0 Å². The molecule has 3 aliphatic heterocycles. The smallest absolute Gasteiger partial charge is 0.262 e. The van der Waals surface area contributed by atoms with Crippen LogP contribution in [-0.4, -0.2) is 54.4 Å². The normalized spacial score (nSPS) is 20.9. The summed E-state index contributed by atoms with van der Waals surface area (Å²) in [6.45, 7) is 3.92. The van der Waals surface area contributed by atoms with Crippen molar-refractivity contribution in [3.63, 3.8) is 0 Å². The summed E-state index contributed by atoms with van der Waals surface area (Å²) in [4.78, 5) is 29.5. The van der Waals surface area contributed by atoms with Gasteiger partial charge in [0, 0.05) is 13.1 Å². The number of fused-ring (bicyclic) bond motifs is 2. The van der Waals surface area contributed by atoms with Crippen LogP contribution in [0, 0.1) is 0 Å². The first-order chi connectivity index (χ1) is 14.7. The Kier molecular flexibility index (Phi) is 5.17. The van der Waals surface area contributed by atoms with Gasteiger partial charge in [0.05, 0.1) is 18.2 Å². The van der Waals surface area contributed by atoms with Gasteiger partial charge in [-0.3, -0.25) is 9.59 Å². The van der Waals surface area contributed by atoms with Gasteiger partial charge < -0.3 is 19.9 Å². The van der Waals surface area contributed by atoms with Crippen LogP contribution in [-0.2, 0) is 22.4 Å². The molecule has 2 aromatic rings. The van der Waals surface area contributed by atoms with E-state index in [0.717, 1.165) is 38.2 Å². The SMILES string of the molecule is O=C1COc2ccc(CC(=O)N3CCc4ccccc4C3CN3CCCC3)cc2N1. The van der Waals surface area contributed by atoms with E-state index in [1.165, 1.54) is 24.0 Å². The number of hydrogen-bond acceptors (Lipinski definition) is 4. The van der Waals surface area contributed by atoms with Gasteiger partial charge in [0.25, 0.3) is 5.91 Å². The Balaban J connectivity index is 1.37. The zero-order valence-corrected chi connectivity index (χ0v) is 17.1. The molecule has 30 heavy (non-hydrogen) atoms. The van der Waals surface area contributed by atoms with Gasteiger partial charge in [0.1, 0.15) is 5.75 Å². The molecular weight excluding hydrogens is 378 g/mol. The fourth-order valence-corrected chi connectivity index (χ4v) is 4.87. The summed E-state index contributed by atoms with van der Waals surface area (Å²) >= 11 is 0. The average molecular weight is 405 g/mol. The molecule has 3 heterocycles. The van der Waals surface area contributed by atoms with Gasteiger partial charge in [-0.1, -0.05) is 30.3 Å². The lowest BCUT2D eigenvalue weighted by Gasteiger charge is -2.39. The highest BCUT2D eigenvalue weighted by molar-refractivity contribution is 5.95. The molecule has 0 aromatic heterocycles. The van der Waals surface area contributed by atoms with Gasteiger partial charge in [0.15, 0.2) is 6.61 Å². The molecule has 0 bridgehead atoms. The number of anilines is 1. The van der Waals surface area contributed by atoms with Crippen LogP contribution in [0.25, 0.3) is 0 Å². The van der Waals surface area contributed by atoms with Crippen LogP contribution < -0.4 is 10.1 Å². The largest absolute Gasteiger partial charge is 0.482 e. The number of nitrogens with zero attached hydrogens (tertiary/aromatic N) is 2. The Morgan fingerprint density at radius 3 is 2.80 bits per heavy atom. The zero-order chi connectivity index (χ0) is 20.5. The second kappa shape index (κ2) is 8.11. The van der Waals surface area contributed by atoms with Crippen LogP contribution in [0.15, 0.2) is 42.5 Å². The average Bonchev–Trinajstić information content (AvgIpc) is 3.27. The molecule has 6 heteroatoms. The summed E-state index contributed by atoms with van der Waals surface area (Å²) < 4.78 is 5.43. The first kappa shape index (κ1) is 19.1. The molecule has 1 saturated heterocycles. The van der Waals surface area contributed by atoms with Crippen LogP contribution in [0.2, 0.25) is 0 Å². The highest BCUT2D eigenvalue weighted by Gasteiger charge is 2.32. The lowest BCUT2D eigenvalue weighted by molar-refractivity contribution is -0.133. The van der Waals surface area contributed by atoms with Crippen LogP contribution in [0.5, 0.6) is 5.75 Å². The molecule has 0 saturated carbocycles. The van der Waals surface area contributed by atoms with Crippen LogP contribution in [0.4, 0.5) is 5.69 Å². The fourth-order valence-electron chi connectivity index (χ4n) is 4.87. The van der Waals surface area contributed by atoms with E-state index >= 15 is 0 Å². The molecule has 156 valence electrons. The van der Waals surface area contributed by atoms with Crippen molar-refractivity contribution < 1.29 is 14.3 Å². The second-order valence-corrected chi connectivity index (χ2v) is 8.40. The lowest BCUT2D eigenvalue weighted by Crippen LogP contribution is -2.45. The monoisotopic (exact) mass is 405 g/mol. The van der Waals surface area contributed by atoms with Crippen molar-refractivity contribution in [3.05, 3.63) is 59.2 Å². The number of likely N-dealkylation sites (tertiary alicyclic amines) is 1. The molecule has 1 N–H and O–H groups in total. The third-order valence-electron chi connectivity index (χ3n) is 6.39. The first-order valence-electron chi connectivity index (χ1n) is 10.8. The molecule has 5 rings (SSSR count). The molecule has 0 spiro atoms. The molecule has 2 amide bonds. The predicted molar refractivity (Wildman–Crippen MR) is 115 cm³/mol. The van der Waals surface area contributed by atoms with Gasteiger partial charge in [-0.05, 0) is 61.2 Å². The van der Waals surface area contributed by atoms with Crippen molar-refractivity contribution in [1.29, 1.82) is 0 Å². The maximum atomic E-state index is 13.4. The van der Waals surface area contributed by atoms with Crippen LogP contribution in [0.1, 0.15) is 35.6 Å². The van der Waals surface area contributed by atoms with E-state index in [0.29, 0.717) is 17.9 Å². The highest BCUT2D eigenvalue weighted by atomic mass is 16.5. The van der Waals surface area contributed by atoms with Crippen molar-refractivity contribution in [2.24, 2.45) is 0 Å². The zero-order valence-electron chi connectivity index (χ0n) is 17.1. The van der Waals surface area contributed by atoms with Gasteiger partial charge in [0.2, 0.25) is 5.91 Å². The summed E-state index contributed by atoms with van der Waals surface area (Å²) in [7, 11) is 0. The number of carbonyl (C=O) groups is 2. The quantitative estimate of drug-likeness (QED) is 0.850. The molecule has 2 aromatic carbocycles. The predicted octanol–water partition coefficient (Wildman–Crippen LogP) is 2.78. The summed E-state index contributed by atoms with van der Waals surface area (Å²) in [6, 6.07) is 14.3. The lowest BCUT2D eigenvalue weighted by atomic mass is 9.91.